The van der Waals surface area contributed by atoms with Crippen LogP contribution in [0.15, 0.2) is 60.3 Å². The highest BCUT2D eigenvalue weighted by molar-refractivity contribution is 5.85. The van der Waals surface area contributed by atoms with Gasteiger partial charge in [0.25, 0.3) is 0 Å². The molecule has 120 valence electrons. The minimum Gasteiger partial charge on any atom is -0.478 e. The summed E-state index contributed by atoms with van der Waals surface area (Å²) in [6.45, 7) is 1.68. The molecule has 0 amide bonds. The zero-order valence-electron chi connectivity index (χ0n) is 13.6. The van der Waals surface area contributed by atoms with Crippen LogP contribution in [0.3, 0.4) is 0 Å². The highest BCUT2D eigenvalue weighted by Crippen LogP contribution is 2.25. The summed E-state index contributed by atoms with van der Waals surface area (Å²) in [5.74, 6) is -0.254. The fourth-order valence-electron chi connectivity index (χ4n) is 2.51. The van der Waals surface area contributed by atoms with Gasteiger partial charge in [0.15, 0.2) is 0 Å². The van der Waals surface area contributed by atoms with Gasteiger partial charge in [-0.3, -0.25) is 0 Å². The van der Waals surface area contributed by atoms with Crippen molar-refractivity contribution in [3.05, 3.63) is 60.3 Å². The molecule has 0 heterocycles. The Labute approximate surface area is 134 Å². The molecule has 0 aliphatic heterocycles. The molecule has 1 N–H and O–H groups in total. The number of aliphatic carboxylic acids is 1. The van der Waals surface area contributed by atoms with Crippen LogP contribution in [0.25, 0.3) is 0 Å². The molecular formula is C20H28O2. The Morgan fingerprint density at radius 3 is 1.68 bits per heavy atom. The highest BCUT2D eigenvalue weighted by atomic mass is 16.4. The lowest BCUT2D eigenvalue weighted by atomic mass is 9.88. The quantitative estimate of drug-likeness (QED) is 0.674. The summed E-state index contributed by atoms with van der Waals surface area (Å²) in [5, 5.41) is 8.64. The molecule has 0 bridgehead atoms. The van der Waals surface area contributed by atoms with E-state index in [2.05, 4.69) is 48.6 Å². The van der Waals surface area contributed by atoms with Gasteiger partial charge in [-0.1, -0.05) is 73.9 Å². The third-order valence-corrected chi connectivity index (χ3v) is 3.78. The second-order valence-electron chi connectivity index (χ2n) is 5.74. The maximum absolute atomic E-state index is 10.5. The molecule has 0 aromatic rings. The number of hydrogen-bond acceptors (Lipinski definition) is 1. The van der Waals surface area contributed by atoms with Gasteiger partial charge in [0.1, 0.15) is 0 Å². The second kappa shape index (κ2) is 11.8. The molecule has 0 saturated heterocycles. The fraction of sp³-hybridized carbons (Fsp3) is 0.450. The fourth-order valence-corrected chi connectivity index (χ4v) is 2.51. The van der Waals surface area contributed by atoms with Crippen LogP contribution < -0.4 is 0 Å². The van der Waals surface area contributed by atoms with Crippen LogP contribution in [0.5, 0.6) is 0 Å². The van der Waals surface area contributed by atoms with Crippen molar-refractivity contribution < 1.29 is 9.90 Å². The molecule has 0 atom stereocenters. The lowest BCUT2D eigenvalue weighted by Crippen LogP contribution is -2.06. The maximum atomic E-state index is 10.5. The predicted octanol–water partition coefficient (Wildman–Crippen LogP) is 5.60. The molecule has 0 radical (unpaired) electrons. The van der Waals surface area contributed by atoms with Gasteiger partial charge in [0, 0.05) is 5.57 Å². The first kappa shape index (κ1) is 18.2. The van der Waals surface area contributed by atoms with Gasteiger partial charge >= 0.3 is 5.97 Å². The van der Waals surface area contributed by atoms with E-state index in [-0.39, 0.29) is 0 Å². The van der Waals surface area contributed by atoms with E-state index in [1.165, 1.54) is 32.1 Å². The summed E-state index contributed by atoms with van der Waals surface area (Å²) >= 11 is 0. The molecule has 0 aromatic carbocycles. The molecule has 0 aromatic heterocycles. The summed E-state index contributed by atoms with van der Waals surface area (Å²) in [7, 11) is 0. The Kier molecular flexibility index (Phi) is 9.76. The topological polar surface area (TPSA) is 37.3 Å². The smallest absolute Gasteiger partial charge is 0.330 e. The monoisotopic (exact) mass is 300 g/mol. The van der Waals surface area contributed by atoms with Crippen LogP contribution in [0.4, 0.5) is 0 Å². The SMILES string of the molecule is C1=CCC=C1.C1=CCC=C1.CC(=CC1CCCCC1)C(=O)O. The standard InChI is InChI=1S/C10H16O2.2C5H6/c1-8(10(11)12)7-9-5-3-2-4-6-9;2*1-2-4-5-3-1/h7,9H,2-6H2,1H3,(H,11,12);2*1-4H,5H2. The first-order valence-electron chi connectivity index (χ1n) is 8.25. The van der Waals surface area contributed by atoms with E-state index in [4.69, 9.17) is 5.11 Å². The lowest BCUT2D eigenvalue weighted by molar-refractivity contribution is -0.132. The van der Waals surface area contributed by atoms with Crippen molar-refractivity contribution in [2.24, 2.45) is 5.92 Å². The number of carbonyl (C=O) groups is 1. The van der Waals surface area contributed by atoms with Gasteiger partial charge in [0.2, 0.25) is 0 Å². The minimum absolute atomic E-state index is 0.502. The largest absolute Gasteiger partial charge is 0.478 e. The molecule has 0 unspecified atom stereocenters. The summed E-state index contributed by atoms with van der Waals surface area (Å²) in [6, 6.07) is 0. The molecule has 1 saturated carbocycles. The molecule has 1 fully saturated rings. The second-order valence-corrected chi connectivity index (χ2v) is 5.74. The summed E-state index contributed by atoms with van der Waals surface area (Å²) in [5.41, 5.74) is 0.502. The number of allylic oxidation sites excluding steroid dienone is 9. The first-order valence-corrected chi connectivity index (χ1v) is 8.25. The summed E-state index contributed by atoms with van der Waals surface area (Å²) < 4.78 is 0. The van der Waals surface area contributed by atoms with Gasteiger partial charge in [-0.2, -0.15) is 0 Å². The van der Waals surface area contributed by atoms with Gasteiger partial charge in [0.05, 0.1) is 0 Å². The van der Waals surface area contributed by atoms with Gasteiger partial charge in [-0.25, -0.2) is 4.79 Å². The van der Waals surface area contributed by atoms with E-state index in [1.54, 1.807) is 6.92 Å². The van der Waals surface area contributed by atoms with E-state index in [1.807, 2.05) is 6.08 Å². The van der Waals surface area contributed by atoms with E-state index in [0.29, 0.717) is 11.5 Å². The van der Waals surface area contributed by atoms with Crippen molar-refractivity contribution in [2.75, 3.05) is 0 Å². The Morgan fingerprint density at radius 1 is 0.909 bits per heavy atom. The zero-order valence-corrected chi connectivity index (χ0v) is 13.6. The third kappa shape index (κ3) is 9.17. The summed E-state index contributed by atoms with van der Waals surface area (Å²) in [4.78, 5) is 10.5. The molecule has 0 spiro atoms. The average Bonchev–Trinajstić information content (AvgIpc) is 3.26. The zero-order chi connectivity index (χ0) is 16.0. The molecule has 2 heteroatoms. The Morgan fingerprint density at radius 2 is 1.36 bits per heavy atom. The lowest BCUT2D eigenvalue weighted by Gasteiger charge is -2.18. The van der Waals surface area contributed by atoms with Crippen molar-refractivity contribution in [3.8, 4) is 0 Å². The Balaban J connectivity index is 0.000000197. The van der Waals surface area contributed by atoms with Crippen LogP contribution in [-0.2, 0) is 4.79 Å². The average molecular weight is 300 g/mol. The Bertz CT molecular complexity index is 416. The van der Waals surface area contributed by atoms with Crippen LogP contribution in [0, 0.1) is 5.92 Å². The van der Waals surface area contributed by atoms with E-state index < -0.39 is 5.97 Å². The number of carboxylic acids is 1. The van der Waals surface area contributed by atoms with Gasteiger partial charge in [-0.15, -0.1) is 0 Å². The van der Waals surface area contributed by atoms with Crippen molar-refractivity contribution in [1.82, 2.24) is 0 Å². The van der Waals surface area contributed by atoms with Crippen LogP contribution >= 0.6 is 0 Å². The van der Waals surface area contributed by atoms with Gasteiger partial charge in [-0.05, 0) is 38.5 Å². The van der Waals surface area contributed by atoms with Crippen molar-refractivity contribution >= 4 is 5.97 Å². The van der Waals surface area contributed by atoms with Crippen LogP contribution in [0.2, 0.25) is 0 Å². The van der Waals surface area contributed by atoms with E-state index in [9.17, 15) is 4.79 Å². The van der Waals surface area contributed by atoms with E-state index in [0.717, 1.165) is 12.8 Å². The van der Waals surface area contributed by atoms with Crippen molar-refractivity contribution in [3.63, 3.8) is 0 Å². The minimum atomic E-state index is -0.777. The number of carboxylic acid groups (broad SMARTS) is 1. The van der Waals surface area contributed by atoms with Crippen molar-refractivity contribution in [2.45, 2.75) is 51.9 Å². The normalized spacial score (nSPS) is 19.4. The first-order chi connectivity index (χ1) is 10.7. The third-order valence-electron chi connectivity index (χ3n) is 3.78. The van der Waals surface area contributed by atoms with Gasteiger partial charge < -0.3 is 5.11 Å². The molecular weight excluding hydrogens is 272 g/mol. The van der Waals surface area contributed by atoms with Crippen LogP contribution in [0.1, 0.15) is 51.9 Å². The number of rotatable bonds is 2. The molecule has 22 heavy (non-hydrogen) atoms. The van der Waals surface area contributed by atoms with Crippen molar-refractivity contribution in [1.29, 1.82) is 0 Å². The van der Waals surface area contributed by atoms with E-state index >= 15 is 0 Å². The predicted molar refractivity (Wildman–Crippen MR) is 93.8 cm³/mol. The molecule has 3 rings (SSSR count). The summed E-state index contributed by atoms with van der Waals surface area (Å²) in [6.07, 6.45) is 27.1. The maximum Gasteiger partial charge on any atom is 0.330 e. The molecule has 3 aliphatic rings. The highest BCUT2D eigenvalue weighted by Gasteiger charge is 2.12. The molecule has 3 aliphatic carbocycles. The van der Waals surface area contributed by atoms with Crippen LogP contribution in [-0.4, -0.2) is 11.1 Å². The Hall–Kier alpha value is -1.83. The molecule has 2 nitrogen and oxygen atoms in total. The number of hydrogen-bond donors (Lipinski definition) is 1.